The van der Waals surface area contributed by atoms with Gasteiger partial charge in [-0.2, -0.15) is 4.98 Å². The van der Waals surface area contributed by atoms with Crippen LogP contribution in [-0.4, -0.2) is 53.6 Å². The first-order valence-corrected chi connectivity index (χ1v) is 8.40. The Morgan fingerprint density at radius 1 is 1.24 bits per heavy atom. The van der Waals surface area contributed by atoms with Crippen LogP contribution in [-0.2, 0) is 11.2 Å². The largest absolute Gasteiger partial charge is 0.378 e. The first-order chi connectivity index (χ1) is 10.4. The van der Waals surface area contributed by atoms with Crippen LogP contribution in [0.2, 0.25) is 0 Å². The van der Waals surface area contributed by atoms with Crippen LogP contribution in [0.1, 0.15) is 37.9 Å². The Hall–Kier alpha value is -1.14. The molecule has 0 aromatic carbocycles. The minimum absolute atomic E-state index is 0.428. The zero-order valence-electron chi connectivity index (χ0n) is 12.6. The van der Waals surface area contributed by atoms with E-state index < -0.39 is 0 Å². The number of ether oxygens (including phenoxy) is 1. The summed E-state index contributed by atoms with van der Waals surface area (Å²) >= 11 is 0. The van der Waals surface area contributed by atoms with E-state index in [2.05, 4.69) is 20.4 Å². The highest BCUT2D eigenvalue weighted by Gasteiger charge is 2.36. The molecule has 3 fully saturated rings. The summed E-state index contributed by atoms with van der Waals surface area (Å²) in [5.74, 6) is 2.68. The Balaban J connectivity index is 1.39. The fourth-order valence-electron chi connectivity index (χ4n) is 4.01. The van der Waals surface area contributed by atoms with Crippen molar-refractivity contribution >= 4 is 5.95 Å². The zero-order chi connectivity index (χ0) is 14.1. The van der Waals surface area contributed by atoms with E-state index in [-0.39, 0.29) is 0 Å². The second-order valence-electron chi connectivity index (χ2n) is 6.58. The van der Waals surface area contributed by atoms with Gasteiger partial charge in [0.15, 0.2) is 0 Å². The number of aromatic nitrogens is 3. The zero-order valence-corrected chi connectivity index (χ0v) is 12.6. The number of aryl methyl sites for hydroxylation is 1. The van der Waals surface area contributed by atoms with Crippen molar-refractivity contribution in [2.45, 2.75) is 50.7 Å². The van der Waals surface area contributed by atoms with Gasteiger partial charge < -0.3 is 15.0 Å². The maximum Gasteiger partial charge on any atom is 0.245 e. The standard InChI is InChI=1S/C15H25N5O/c1-3-11-9-16-10-13(11)20(7-1)15-17-14(18-19-15)6-5-12-4-2-8-21-12/h11-13,16H,1-10H2,(H,17,18,19). The van der Waals surface area contributed by atoms with Gasteiger partial charge in [0.25, 0.3) is 0 Å². The molecule has 0 aliphatic carbocycles. The minimum atomic E-state index is 0.428. The van der Waals surface area contributed by atoms with E-state index in [9.17, 15) is 0 Å². The van der Waals surface area contributed by atoms with Crippen LogP contribution in [0.15, 0.2) is 0 Å². The Morgan fingerprint density at radius 2 is 2.24 bits per heavy atom. The van der Waals surface area contributed by atoms with Crippen LogP contribution in [0, 0.1) is 5.92 Å². The average molecular weight is 291 g/mol. The Labute approximate surface area is 125 Å². The number of nitrogens with zero attached hydrogens (tertiary/aromatic N) is 3. The third-order valence-electron chi connectivity index (χ3n) is 5.18. The van der Waals surface area contributed by atoms with Gasteiger partial charge in [-0.3, -0.25) is 5.10 Å². The van der Waals surface area contributed by atoms with E-state index in [1.165, 1.54) is 25.7 Å². The van der Waals surface area contributed by atoms with Gasteiger partial charge in [0.1, 0.15) is 5.82 Å². The molecular formula is C15H25N5O. The van der Waals surface area contributed by atoms with Crippen molar-refractivity contribution in [1.82, 2.24) is 20.5 Å². The maximum atomic E-state index is 5.67. The molecule has 0 spiro atoms. The molecule has 3 saturated heterocycles. The normalized spacial score (nSPS) is 32.6. The van der Waals surface area contributed by atoms with Crippen molar-refractivity contribution in [2.75, 3.05) is 31.1 Å². The molecule has 3 unspecified atom stereocenters. The van der Waals surface area contributed by atoms with E-state index in [0.29, 0.717) is 12.1 Å². The molecule has 4 heterocycles. The molecular weight excluding hydrogens is 266 g/mol. The molecule has 4 rings (SSSR count). The molecule has 6 heteroatoms. The predicted octanol–water partition coefficient (Wildman–Crippen LogP) is 1.10. The topological polar surface area (TPSA) is 66.1 Å². The van der Waals surface area contributed by atoms with Crippen molar-refractivity contribution in [1.29, 1.82) is 0 Å². The van der Waals surface area contributed by atoms with Gasteiger partial charge in [0.05, 0.1) is 6.10 Å². The molecule has 3 atom stereocenters. The molecule has 3 aliphatic rings. The monoisotopic (exact) mass is 291 g/mol. The van der Waals surface area contributed by atoms with Gasteiger partial charge in [-0.15, -0.1) is 5.10 Å². The number of aromatic amines is 1. The van der Waals surface area contributed by atoms with E-state index in [4.69, 9.17) is 9.72 Å². The highest BCUT2D eigenvalue weighted by molar-refractivity contribution is 5.33. The van der Waals surface area contributed by atoms with Gasteiger partial charge in [-0.25, -0.2) is 0 Å². The Kier molecular flexibility index (Phi) is 3.82. The molecule has 21 heavy (non-hydrogen) atoms. The van der Waals surface area contributed by atoms with E-state index >= 15 is 0 Å². The average Bonchev–Trinajstić information content (AvgIpc) is 3.25. The van der Waals surface area contributed by atoms with Crippen LogP contribution in [0.3, 0.4) is 0 Å². The number of rotatable bonds is 4. The summed E-state index contributed by atoms with van der Waals surface area (Å²) in [4.78, 5) is 7.13. The van der Waals surface area contributed by atoms with Gasteiger partial charge in [0, 0.05) is 38.7 Å². The molecule has 1 aromatic heterocycles. The Bertz CT molecular complexity index is 470. The molecule has 6 nitrogen and oxygen atoms in total. The van der Waals surface area contributed by atoms with Crippen LogP contribution in [0.4, 0.5) is 5.95 Å². The molecule has 0 bridgehead atoms. The number of H-pyrrole nitrogens is 1. The first-order valence-electron chi connectivity index (χ1n) is 8.40. The second kappa shape index (κ2) is 5.93. The molecule has 2 N–H and O–H groups in total. The third kappa shape index (κ3) is 2.79. The lowest BCUT2D eigenvalue weighted by atomic mass is 9.92. The number of piperidine rings is 1. The summed E-state index contributed by atoms with van der Waals surface area (Å²) in [7, 11) is 0. The molecule has 0 amide bonds. The Morgan fingerprint density at radius 3 is 3.14 bits per heavy atom. The lowest BCUT2D eigenvalue weighted by Crippen LogP contribution is -2.45. The van der Waals surface area contributed by atoms with Crippen LogP contribution in [0.5, 0.6) is 0 Å². The number of fused-ring (bicyclic) bond motifs is 1. The smallest absolute Gasteiger partial charge is 0.245 e. The lowest BCUT2D eigenvalue weighted by molar-refractivity contribution is 0.104. The number of nitrogens with one attached hydrogen (secondary N) is 2. The van der Waals surface area contributed by atoms with Crippen molar-refractivity contribution in [2.24, 2.45) is 5.92 Å². The first kappa shape index (κ1) is 13.5. The van der Waals surface area contributed by atoms with Crippen molar-refractivity contribution < 1.29 is 4.74 Å². The fraction of sp³-hybridized carbons (Fsp3) is 0.867. The minimum Gasteiger partial charge on any atom is -0.378 e. The van der Waals surface area contributed by atoms with Crippen molar-refractivity contribution in [3.8, 4) is 0 Å². The van der Waals surface area contributed by atoms with Crippen LogP contribution in [0.25, 0.3) is 0 Å². The maximum absolute atomic E-state index is 5.67. The molecule has 3 aliphatic heterocycles. The summed E-state index contributed by atoms with van der Waals surface area (Å²) in [6, 6.07) is 0.584. The van der Waals surface area contributed by atoms with Crippen LogP contribution >= 0.6 is 0 Å². The number of hydrogen-bond acceptors (Lipinski definition) is 5. The highest BCUT2D eigenvalue weighted by atomic mass is 16.5. The fourth-order valence-corrected chi connectivity index (χ4v) is 4.01. The molecule has 116 valence electrons. The summed E-state index contributed by atoms with van der Waals surface area (Å²) in [5, 5.41) is 11.1. The molecule has 0 radical (unpaired) electrons. The highest BCUT2D eigenvalue weighted by Crippen LogP contribution is 2.29. The summed E-state index contributed by atoms with van der Waals surface area (Å²) in [6.07, 6.45) is 7.42. The van der Waals surface area contributed by atoms with Crippen molar-refractivity contribution in [3.63, 3.8) is 0 Å². The summed E-state index contributed by atoms with van der Waals surface area (Å²) < 4.78 is 5.67. The van der Waals surface area contributed by atoms with Gasteiger partial charge >= 0.3 is 0 Å². The van der Waals surface area contributed by atoms with Gasteiger partial charge in [-0.1, -0.05) is 0 Å². The predicted molar refractivity (Wildman–Crippen MR) is 80.4 cm³/mol. The molecule has 1 aromatic rings. The van der Waals surface area contributed by atoms with E-state index in [1.54, 1.807) is 0 Å². The number of anilines is 1. The van der Waals surface area contributed by atoms with Gasteiger partial charge in [-0.05, 0) is 38.0 Å². The van der Waals surface area contributed by atoms with Crippen LogP contribution < -0.4 is 10.2 Å². The number of hydrogen-bond donors (Lipinski definition) is 2. The second-order valence-corrected chi connectivity index (χ2v) is 6.58. The summed E-state index contributed by atoms with van der Waals surface area (Å²) in [5.41, 5.74) is 0. The lowest BCUT2D eigenvalue weighted by Gasteiger charge is -2.36. The third-order valence-corrected chi connectivity index (χ3v) is 5.18. The SMILES string of the molecule is C1COC(CCc2nc(N3CCCC4CNCC43)n[nH]2)C1. The van der Waals surface area contributed by atoms with E-state index in [1.807, 2.05) is 0 Å². The van der Waals surface area contributed by atoms with E-state index in [0.717, 1.165) is 56.8 Å². The van der Waals surface area contributed by atoms with Gasteiger partial charge in [0.2, 0.25) is 5.95 Å². The quantitative estimate of drug-likeness (QED) is 0.870. The van der Waals surface area contributed by atoms with Crippen molar-refractivity contribution in [3.05, 3.63) is 5.82 Å². The summed E-state index contributed by atoms with van der Waals surface area (Å²) in [6.45, 7) is 4.24. The molecule has 0 saturated carbocycles.